The van der Waals surface area contributed by atoms with E-state index in [0.29, 0.717) is 8.95 Å². The summed E-state index contributed by atoms with van der Waals surface area (Å²) in [5.41, 5.74) is 0.270. The molecule has 1 rings (SSSR count). The Morgan fingerprint density at radius 2 is 1.81 bits per heavy atom. The number of rotatable bonds is 6. The molecule has 2 N–H and O–H groups in total. The van der Waals surface area contributed by atoms with Crippen molar-refractivity contribution in [1.29, 1.82) is 0 Å². The Bertz CT molecular complexity index is 541. The number of hydrogen-bond donors (Lipinski definition) is 2. The number of benzene rings is 1. The highest BCUT2D eigenvalue weighted by Crippen LogP contribution is 2.20. The molecule has 0 fully saturated rings. The Hall–Kier alpha value is -1.41. The SMILES string of the molecule is CCOC(=O)C[C@@H](NC(=O)c1cc(Br)cc(Br)c1)C(=O)O. The number of esters is 1. The molecular formula is C13H13Br2NO5. The third-order valence-corrected chi connectivity index (χ3v) is 3.32. The topological polar surface area (TPSA) is 92.7 Å². The van der Waals surface area contributed by atoms with E-state index >= 15 is 0 Å². The summed E-state index contributed by atoms with van der Waals surface area (Å²) in [6.07, 6.45) is -0.427. The molecule has 1 aromatic carbocycles. The molecule has 8 heteroatoms. The van der Waals surface area contributed by atoms with E-state index in [0.717, 1.165) is 0 Å². The molecule has 0 bridgehead atoms. The summed E-state index contributed by atoms with van der Waals surface area (Å²) in [7, 11) is 0. The Kier molecular flexibility index (Phi) is 6.83. The Balaban J connectivity index is 2.81. The van der Waals surface area contributed by atoms with Crippen LogP contribution in [-0.2, 0) is 14.3 Å². The van der Waals surface area contributed by atoms with Crippen molar-refractivity contribution in [2.75, 3.05) is 6.61 Å². The summed E-state index contributed by atoms with van der Waals surface area (Å²) in [6, 6.07) is 3.49. The van der Waals surface area contributed by atoms with Gasteiger partial charge in [-0.2, -0.15) is 0 Å². The van der Waals surface area contributed by atoms with Gasteiger partial charge < -0.3 is 15.2 Å². The number of amides is 1. The lowest BCUT2D eigenvalue weighted by Crippen LogP contribution is -2.42. The normalized spacial score (nSPS) is 11.6. The van der Waals surface area contributed by atoms with Crippen LogP contribution >= 0.6 is 31.9 Å². The Morgan fingerprint density at radius 3 is 2.29 bits per heavy atom. The molecule has 21 heavy (non-hydrogen) atoms. The highest BCUT2D eigenvalue weighted by atomic mass is 79.9. The number of carbonyl (C=O) groups is 3. The van der Waals surface area contributed by atoms with Gasteiger partial charge in [-0.1, -0.05) is 31.9 Å². The molecule has 1 atom stereocenters. The molecule has 0 aliphatic rings. The minimum Gasteiger partial charge on any atom is -0.480 e. The van der Waals surface area contributed by atoms with Crippen LogP contribution < -0.4 is 5.32 Å². The number of hydrogen-bond acceptors (Lipinski definition) is 4. The molecule has 114 valence electrons. The fraction of sp³-hybridized carbons (Fsp3) is 0.308. The van der Waals surface area contributed by atoms with Crippen LogP contribution in [0, 0.1) is 0 Å². The molecule has 1 amide bonds. The van der Waals surface area contributed by atoms with E-state index in [4.69, 9.17) is 5.11 Å². The molecule has 0 unspecified atom stereocenters. The third-order valence-electron chi connectivity index (χ3n) is 2.40. The quantitative estimate of drug-likeness (QED) is 0.686. The summed E-state index contributed by atoms with van der Waals surface area (Å²) < 4.78 is 6.01. The van der Waals surface area contributed by atoms with Gasteiger partial charge >= 0.3 is 11.9 Å². The van der Waals surface area contributed by atoms with Crippen molar-refractivity contribution in [3.63, 3.8) is 0 Å². The van der Waals surface area contributed by atoms with Crippen LogP contribution in [0.5, 0.6) is 0 Å². The summed E-state index contributed by atoms with van der Waals surface area (Å²) in [5, 5.41) is 11.3. The first-order valence-corrected chi connectivity index (χ1v) is 7.57. The Labute approximate surface area is 138 Å². The van der Waals surface area contributed by atoms with E-state index in [1.165, 1.54) is 0 Å². The van der Waals surface area contributed by atoms with Crippen molar-refractivity contribution in [2.24, 2.45) is 0 Å². The van der Waals surface area contributed by atoms with Crippen LogP contribution in [0.15, 0.2) is 27.1 Å². The first-order valence-electron chi connectivity index (χ1n) is 5.99. The molecular weight excluding hydrogens is 410 g/mol. The molecule has 1 aromatic rings. The van der Waals surface area contributed by atoms with Gasteiger partial charge in [-0.05, 0) is 25.1 Å². The zero-order valence-electron chi connectivity index (χ0n) is 11.1. The summed E-state index contributed by atoms with van der Waals surface area (Å²) in [5.74, 6) is -2.57. The van der Waals surface area contributed by atoms with Crippen LogP contribution in [-0.4, -0.2) is 35.6 Å². The van der Waals surface area contributed by atoms with Crippen molar-refractivity contribution in [1.82, 2.24) is 5.32 Å². The van der Waals surface area contributed by atoms with Crippen LogP contribution in [0.3, 0.4) is 0 Å². The van der Waals surface area contributed by atoms with Crippen LogP contribution in [0.4, 0.5) is 0 Å². The fourth-order valence-corrected chi connectivity index (χ4v) is 2.81. The predicted molar refractivity (Wildman–Crippen MR) is 82.0 cm³/mol. The lowest BCUT2D eigenvalue weighted by atomic mass is 10.1. The number of ether oxygens (including phenoxy) is 1. The van der Waals surface area contributed by atoms with Gasteiger partial charge in [0.15, 0.2) is 0 Å². The number of carboxylic acids is 1. The first-order chi connectivity index (χ1) is 9.83. The largest absolute Gasteiger partial charge is 0.480 e. The molecule has 0 aliphatic carbocycles. The molecule has 0 saturated heterocycles. The van der Waals surface area contributed by atoms with Gasteiger partial charge in [0, 0.05) is 14.5 Å². The van der Waals surface area contributed by atoms with E-state index in [1.807, 2.05) is 0 Å². The van der Waals surface area contributed by atoms with Crippen molar-refractivity contribution < 1.29 is 24.2 Å². The van der Waals surface area contributed by atoms with Gasteiger partial charge in [0.05, 0.1) is 13.0 Å². The molecule has 6 nitrogen and oxygen atoms in total. The third kappa shape index (κ3) is 5.84. The number of aliphatic carboxylic acids is 1. The molecule has 0 aromatic heterocycles. The van der Waals surface area contributed by atoms with Gasteiger partial charge in [0.25, 0.3) is 5.91 Å². The van der Waals surface area contributed by atoms with E-state index in [2.05, 4.69) is 41.9 Å². The smallest absolute Gasteiger partial charge is 0.326 e. The van der Waals surface area contributed by atoms with Crippen molar-refractivity contribution in [3.8, 4) is 0 Å². The number of halogens is 2. The minimum absolute atomic E-state index is 0.150. The van der Waals surface area contributed by atoms with E-state index < -0.39 is 30.3 Å². The molecule has 0 aliphatic heterocycles. The molecule has 0 saturated carbocycles. The van der Waals surface area contributed by atoms with Gasteiger partial charge in [0.2, 0.25) is 0 Å². The molecule has 0 heterocycles. The van der Waals surface area contributed by atoms with Gasteiger partial charge in [-0.25, -0.2) is 4.79 Å². The van der Waals surface area contributed by atoms with E-state index in [1.54, 1.807) is 25.1 Å². The highest BCUT2D eigenvalue weighted by Gasteiger charge is 2.24. The molecule has 0 radical (unpaired) electrons. The highest BCUT2D eigenvalue weighted by molar-refractivity contribution is 9.11. The second kappa shape index (κ2) is 8.14. The van der Waals surface area contributed by atoms with Crippen molar-refractivity contribution >= 4 is 49.7 Å². The average molecular weight is 423 g/mol. The summed E-state index contributed by atoms with van der Waals surface area (Å²) in [4.78, 5) is 34.5. The zero-order valence-corrected chi connectivity index (χ0v) is 14.2. The fourth-order valence-electron chi connectivity index (χ4n) is 1.51. The lowest BCUT2D eigenvalue weighted by molar-refractivity contribution is -0.149. The number of carbonyl (C=O) groups excluding carboxylic acids is 2. The van der Waals surface area contributed by atoms with Crippen LogP contribution in [0.1, 0.15) is 23.7 Å². The molecule has 0 spiro atoms. The van der Waals surface area contributed by atoms with Gasteiger partial charge in [-0.15, -0.1) is 0 Å². The van der Waals surface area contributed by atoms with Crippen LogP contribution in [0.2, 0.25) is 0 Å². The zero-order chi connectivity index (χ0) is 16.0. The number of carboxylic acid groups (broad SMARTS) is 1. The average Bonchev–Trinajstić information content (AvgIpc) is 2.36. The summed E-state index contributed by atoms with van der Waals surface area (Å²) >= 11 is 6.47. The second-order valence-corrected chi connectivity index (χ2v) is 5.86. The maximum absolute atomic E-state index is 12.0. The lowest BCUT2D eigenvalue weighted by Gasteiger charge is -2.14. The second-order valence-electron chi connectivity index (χ2n) is 4.03. The predicted octanol–water partition coefficient (Wildman–Crippen LogP) is 2.35. The maximum Gasteiger partial charge on any atom is 0.326 e. The monoisotopic (exact) mass is 421 g/mol. The van der Waals surface area contributed by atoms with Crippen LogP contribution in [0.25, 0.3) is 0 Å². The van der Waals surface area contributed by atoms with E-state index in [-0.39, 0.29) is 12.2 Å². The Morgan fingerprint density at radius 1 is 1.24 bits per heavy atom. The summed E-state index contributed by atoms with van der Waals surface area (Å²) in [6.45, 7) is 1.77. The minimum atomic E-state index is -1.34. The van der Waals surface area contributed by atoms with E-state index in [9.17, 15) is 14.4 Å². The van der Waals surface area contributed by atoms with Crippen molar-refractivity contribution in [2.45, 2.75) is 19.4 Å². The van der Waals surface area contributed by atoms with Gasteiger partial charge in [0.1, 0.15) is 6.04 Å². The van der Waals surface area contributed by atoms with Gasteiger partial charge in [-0.3, -0.25) is 9.59 Å². The maximum atomic E-state index is 12.0. The first kappa shape index (κ1) is 17.6. The number of nitrogens with one attached hydrogen (secondary N) is 1. The standard InChI is InChI=1S/C13H13Br2NO5/c1-2-21-11(17)6-10(13(19)20)16-12(18)7-3-8(14)5-9(15)4-7/h3-5,10H,2,6H2,1H3,(H,16,18)(H,19,20)/t10-/m1/s1. The van der Waals surface area contributed by atoms with Crippen molar-refractivity contribution in [3.05, 3.63) is 32.7 Å².